The van der Waals surface area contributed by atoms with Gasteiger partial charge >= 0.3 is 5.97 Å². The molecule has 0 spiro atoms. The Balaban J connectivity index is 2.59. The number of nitrogens with one attached hydrogen (secondary N) is 1. The van der Waals surface area contributed by atoms with Crippen molar-refractivity contribution in [1.82, 2.24) is 10.2 Å². The van der Waals surface area contributed by atoms with Crippen LogP contribution in [0.3, 0.4) is 0 Å². The minimum atomic E-state index is -1.20. The maximum absolute atomic E-state index is 13.8. The van der Waals surface area contributed by atoms with Crippen molar-refractivity contribution in [3.63, 3.8) is 0 Å². The summed E-state index contributed by atoms with van der Waals surface area (Å²) in [4.78, 5) is 10.7. The molecule has 1 aromatic heterocycles. The van der Waals surface area contributed by atoms with Crippen molar-refractivity contribution in [2.24, 2.45) is 0 Å². The Kier molecular flexibility index (Phi) is 3.43. The number of rotatable bonds is 3. The number of nitrogens with zero attached hydrogens (tertiary/aromatic N) is 1. The van der Waals surface area contributed by atoms with E-state index < -0.39 is 17.5 Å². The summed E-state index contributed by atoms with van der Waals surface area (Å²) in [6.07, 6.45) is 0. The molecule has 0 bridgehead atoms. The summed E-state index contributed by atoms with van der Waals surface area (Å²) in [5.41, 5.74) is -0.00664. The largest absolute Gasteiger partial charge is 0.504 e. The number of phenolic OH excluding ortho intramolecular Hbond substituents is 1. The fourth-order valence-corrected chi connectivity index (χ4v) is 2.11. The Morgan fingerprint density at radius 2 is 2.21 bits per heavy atom. The number of hydrogen-bond donors (Lipinski definition) is 3. The van der Waals surface area contributed by atoms with Gasteiger partial charge in [-0.15, -0.1) is 0 Å². The van der Waals surface area contributed by atoms with Gasteiger partial charge in [0.25, 0.3) is 0 Å². The van der Waals surface area contributed by atoms with Gasteiger partial charge in [0.05, 0.1) is 17.3 Å². The van der Waals surface area contributed by atoms with Crippen LogP contribution in [0.2, 0.25) is 0 Å². The zero-order valence-corrected chi connectivity index (χ0v) is 11.2. The van der Waals surface area contributed by atoms with Crippen LogP contribution in [-0.4, -0.2) is 33.5 Å². The molecule has 0 fully saturated rings. The van der Waals surface area contributed by atoms with Gasteiger partial charge in [0.2, 0.25) is 5.82 Å². The lowest BCUT2D eigenvalue weighted by Crippen LogP contribution is -1.95. The number of ether oxygens (including phenoxy) is 1. The van der Waals surface area contributed by atoms with Crippen molar-refractivity contribution in [2.45, 2.75) is 0 Å². The van der Waals surface area contributed by atoms with Crippen LogP contribution in [-0.2, 0) is 0 Å². The van der Waals surface area contributed by atoms with Gasteiger partial charge in [-0.1, -0.05) is 0 Å². The number of halogens is 2. The Hall–Kier alpha value is -2.09. The van der Waals surface area contributed by atoms with Crippen molar-refractivity contribution in [1.29, 1.82) is 0 Å². The molecule has 0 aliphatic heterocycles. The molecule has 2 aromatic rings. The Bertz CT molecular complexity index is 656. The molecular weight excluding hydrogens is 323 g/mol. The normalized spacial score (nSPS) is 10.5. The molecular formula is C11H8BrFN2O4. The maximum atomic E-state index is 13.8. The second-order valence-electron chi connectivity index (χ2n) is 3.57. The summed E-state index contributed by atoms with van der Waals surface area (Å²) in [6.45, 7) is 0. The van der Waals surface area contributed by atoms with E-state index in [0.717, 1.165) is 0 Å². The number of H-pyrrole nitrogens is 1. The first-order chi connectivity index (χ1) is 8.95. The number of phenols is 1. The molecule has 0 atom stereocenters. The van der Waals surface area contributed by atoms with E-state index in [2.05, 4.69) is 26.1 Å². The van der Waals surface area contributed by atoms with Gasteiger partial charge in [0.1, 0.15) is 5.69 Å². The van der Waals surface area contributed by atoms with Crippen molar-refractivity contribution < 1.29 is 24.1 Å². The zero-order valence-electron chi connectivity index (χ0n) is 9.57. The Labute approximate surface area is 115 Å². The van der Waals surface area contributed by atoms with Crippen LogP contribution in [0, 0.1) is 5.82 Å². The van der Waals surface area contributed by atoms with E-state index in [1.54, 1.807) is 0 Å². The topological polar surface area (TPSA) is 95.4 Å². The summed E-state index contributed by atoms with van der Waals surface area (Å²) < 4.78 is 18.9. The third-order valence-corrected chi connectivity index (χ3v) is 3.03. The first kappa shape index (κ1) is 13.3. The predicted molar refractivity (Wildman–Crippen MR) is 66.9 cm³/mol. The second kappa shape index (κ2) is 4.88. The SMILES string of the molecule is COc1c(Br)cc(-c2cc(C(=O)O)[nH]n2)c(O)c1F. The summed E-state index contributed by atoms with van der Waals surface area (Å²) in [7, 11) is 1.26. The van der Waals surface area contributed by atoms with Gasteiger partial charge in [-0.2, -0.15) is 9.49 Å². The van der Waals surface area contributed by atoms with E-state index in [1.807, 2.05) is 0 Å². The Morgan fingerprint density at radius 1 is 1.53 bits per heavy atom. The van der Waals surface area contributed by atoms with Crippen molar-refractivity contribution >= 4 is 21.9 Å². The number of carbonyl (C=O) groups is 1. The van der Waals surface area contributed by atoms with Crippen LogP contribution >= 0.6 is 15.9 Å². The van der Waals surface area contributed by atoms with E-state index in [4.69, 9.17) is 9.84 Å². The number of aromatic amines is 1. The highest BCUT2D eigenvalue weighted by Crippen LogP contribution is 2.40. The second-order valence-corrected chi connectivity index (χ2v) is 4.43. The van der Waals surface area contributed by atoms with E-state index >= 15 is 0 Å². The minimum absolute atomic E-state index is 0.0499. The van der Waals surface area contributed by atoms with Gasteiger partial charge in [-0.05, 0) is 28.1 Å². The van der Waals surface area contributed by atoms with Gasteiger partial charge in [-0.25, -0.2) is 4.79 Å². The molecule has 0 saturated carbocycles. The number of carboxylic acid groups (broad SMARTS) is 1. The van der Waals surface area contributed by atoms with Gasteiger partial charge in [0.15, 0.2) is 11.5 Å². The molecule has 100 valence electrons. The van der Waals surface area contributed by atoms with Gasteiger partial charge < -0.3 is 14.9 Å². The summed E-state index contributed by atoms with van der Waals surface area (Å²) in [6, 6.07) is 2.58. The van der Waals surface area contributed by atoms with Crippen LogP contribution in [0.4, 0.5) is 4.39 Å². The minimum Gasteiger partial charge on any atom is -0.504 e. The highest BCUT2D eigenvalue weighted by Gasteiger charge is 2.20. The highest BCUT2D eigenvalue weighted by atomic mass is 79.9. The molecule has 1 heterocycles. The van der Waals surface area contributed by atoms with Crippen LogP contribution in [0.25, 0.3) is 11.3 Å². The number of hydrogen-bond acceptors (Lipinski definition) is 4. The van der Waals surface area contributed by atoms with Crippen LogP contribution in [0.5, 0.6) is 11.5 Å². The zero-order chi connectivity index (χ0) is 14.2. The quantitative estimate of drug-likeness (QED) is 0.803. The van der Waals surface area contributed by atoms with Gasteiger partial charge in [-0.3, -0.25) is 5.10 Å². The third-order valence-electron chi connectivity index (χ3n) is 2.44. The monoisotopic (exact) mass is 330 g/mol. The van der Waals surface area contributed by atoms with E-state index in [1.165, 1.54) is 19.2 Å². The molecule has 0 aliphatic carbocycles. The molecule has 0 aliphatic rings. The number of methoxy groups -OCH3 is 1. The average Bonchev–Trinajstić information content (AvgIpc) is 2.84. The lowest BCUT2D eigenvalue weighted by Gasteiger charge is -2.09. The van der Waals surface area contributed by atoms with E-state index in [0.29, 0.717) is 0 Å². The number of aromatic carboxylic acids is 1. The predicted octanol–water partition coefficient (Wildman–Crippen LogP) is 2.39. The molecule has 0 radical (unpaired) electrons. The first-order valence-electron chi connectivity index (χ1n) is 4.99. The van der Waals surface area contributed by atoms with E-state index in [-0.39, 0.29) is 27.2 Å². The van der Waals surface area contributed by atoms with Gasteiger partial charge in [0, 0.05) is 5.56 Å². The maximum Gasteiger partial charge on any atom is 0.353 e. The summed E-state index contributed by atoms with van der Waals surface area (Å²) >= 11 is 3.09. The van der Waals surface area contributed by atoms with Crippen LogP contribution < -0.4 is 4.74 Å². The molecule has 2 rings (SSSR count). The van der Waals surface area contributed by atoms with E-state index in [9.17, 15) is 14.3 Å². The smallest absolute Gasteiger partial charge is 0.353 e. The molecule has 0 amide bonds. The summed E-state index contributed by atoms with van der Waals surface area (Å²) in [5.74, 6) is -2.96. The van der Waals surface area contributed by atoms with Crippen molar-refractivity contribution in [3.05, 3.63) is 28.1 Å². The number of aromatic hydroxyl groups is 1. The molecule has 8 heteroatoms. The first-order valence-corrected chi connectivity index (χ1v) is 5.79. The molecule has 19 heavy (non-hydrogen) atoms. The molecule has 0 saturated heterocycles. The third kappa shape index (κ3) is 2.26. The number of carboxylic acids is 1. The molecule has 1 aromatic carbocycles. The lowest BCUT2D eigenvalue weighted by molar-refractivity contribution is 0.0690. The number of aromatic nitrogens is 2. The van der Waals surface area contributed by atoms with Crippen molar-refractivity contribution in [2.75, 3.05) is 7.11 Å². The molecule has 6 nitrogen and oxygen atoms in total. The fraction of sp³-hybridized carbons (Fsp3) is 0.0909. The average molecular weight is 331 g/mol. The van der Waals surface area contributed by atoms with Crippen LogP contribution in [0.15, 0.2) is 16.6 Å². The highest BCUT2D eigenvalue weighted by molar-refractivity contribution is 9.10. The van der Waals surface area contributed by atoms with Crippen LogP contribution in [0.1, 0.15) is 10.5 Å². The van der Waals surface area contributed by atoms with Crippen molar-refractivity contribution in [3.8, 4) is 22.8 Å². The standard InChI is InChI=1S/C11H8BrFN2O4/c1-19-10-5(12)2-4(9(16)8(10)13)6-3-7(11(17)18)15-14-6/h2-3,16H,1H3,(H,14,15)(H,17,18). The Morgan fingerprint density at radius 3 is 2.74 bits per heavy atom. The fourth-order valence-electron chi connectivity index (χ4n) is 1.54. The molecule has 0 unspecified atom stereocenters. The summed E-state index contributed by atoms with van der Waals surface area (Å²) in [5, 5.41) is 24.5. The lowest BCUT2D eigenvalue weighted by atomic mass is 10.1. The molecule has 3 N–H and O–H groups in total. The number of benzene rings is 1.